The summed E-state index contributed by atoms with van der Waals surface area (Å²) in [5.74, 6) is 6.49. The molecular weight excluding hydrogens is 424 g/mol. The molecule has 178 valence electrons. The summed E-state index contributed by atoms with van der Waals surface area (Å²) in [6.45, 7) is 9.64. The van der Waals surface area contributed by atoms with Crippen molar-refractivity contribution >= 4 is 16.7 Å². The molecule has 0 bridgehead atoms. The minimum atomic E-state index is -0.109. The number of carbonyl (C=O) groups is 1. The molecule has 1 aromatic heterocycles. The van der Waals surface area contributed by atoms with E-state index in [2.05, 4.69) is 47.3 Å². The van der Waals surface area contributed by atoms with Gasteiger partial charge in [0, 0.05) is 18.7 Å². The van der Waals surface area contributed by atoms with Gasteiger partial charge in [0.25, 0.3) is 0 Å². The van der Waals surface area contributed by atoms with Gasteiger partial charge in [-0.1, -0.05) is 54.5 Å². The number of benzene rings is 2. The van der Waals surface area contributed by atoms with E-state index < -0.39 is 0 Å². The zero-order valence-corrected chi connectivity index (χ0v) is 20.6. The van der Waals surface area contributed by atoms with Crippen LogP contribution in [0, 0.1) is 17.8 Å². The van der Waals surface area contributed by atoms with Crippen LogP contribution >= 0.6 is 0 Å². The van der Waals surface area contributed by atoms with Crippen LogP contribution in [-0.4, -0.2) is 51.1 Å². The smallest absolute Gasteiger partial charge is 0.228 e. The number of rotatable bonds is 7. The molecular formula is C28H34N4O2. The number of hydrogen-bond acceptors (Lipinski definition) is 4. The second kappa shape index (κ2) is 10.8. The molecule has 0 radical (unpaired) electrons. The van der Waals surface area contributed by atoms with Crippen LogP contribution in [0.25, 0.3) is 10.8 Å². The molecule has 1 saturated heterocycles. The van der Waals surface area contributed by atoms with E-state index in [9.17, 15) is 4.79 Å². The van der Waals surface area contributed by atoms with Gasteiger partial charge in [0.15, 0.2) is 5.69 Å². The third-order valence-corrected chi connectivity index (χ3v) is 6.84. The Labute approximate surface area is 202 Å². The lowest BCUT2D eigenvalue weighted by atomic mass is 9.99. The number of carbonyl (C=O) groups excluding carboxylic acids is 1. The van der Waals surface area contributed by atoms with Gasteiger partial charge in [-0.2, -0.15) is 0 Å². The van der Waals surface area contributed by atoms with E-state index in [1.165, 1.54) is 5.39 Å². The summed E-state index contributed by atoms with van der Waals surface area (Å²) in [7, 11) is 0. The van der Waals surface area contributed by atoms with Gasteiger partial charge in [0.05, 0.1) is 30.4 Å². The first-order chi connectivity index (χ1) is 16.5. The monoisotopic (exact) mass is 458 g/mol. The fourth-order valence-corrected chi connectivity index (χ4v) is 4.76. The van der Waals surface area contributed by atoms with Gasteiger partial charge in [-0.25, -0.2) is 4.68 Å². The molecule has 3 aromatic rings. The zero-order valence-electron chi connectivity index (χ0n) is 20.6. The molecule has 2 heterocycles. The Bertz CT molecular complexity index is 1180. The molecule has 0 unspecified atom stereocenters. The summed E-state index contributed by atoms with van der Waals surface area (Å²) in [4.78, 5) is 14.6. The maximum Gasteiger partial charge on any atom is 0.228 e. The van der Waals surface area contributed by atoms with Crippen LogP contribution < -0.4 is 0 Å². The maximum absolute atomic E-state index is 12.7. The summed E-state index contributed by atoms with van der Waals surface area (Å²) in [6, 6.07) is 14.5. The molecule has 0 N–H and O–H groups in total. The first kappa shape index (κ1) is 24.0. The third kappa shape index (κ3) is 5.31. The minimum absolute atomic E-state index is 0.0110. The number of hydrogen-bond donors (Lipinski definition) is 0. The van der Waals surface area contributed by atoms with E-state index in [1.807, 2.05) is 60.8 Å². The number of amides is 1. The van der Waals surface area contributed by atoms with Crippen LogP contribution in [0.4, 0.5) is 0 Å². The maximum atomic E-state index is 12.7. The Morgan fingerprint density at radius 1 is 1.12 bits per heavy atom. The molecule has 2 aromatic carbocycles. The van der Waals surface area contributed by atoms with Crippen molar-refractivity contribution in [3.05, 3.63) is 59.9 Å². The highest BCUT2D eigenvalue weighted by molar-refractivity contribution is 5.88. The van der Waals surface area contributed by atoms with Gasteiger partial charge in [0.1, 0.15) is 0 Å². The predicted octanol–water partition coefficient (Wildman–Crippen LogP) is 4.83. The van der Waals surface area contributed by atoms with Gasteiger partial charge in [-0.15, -0.1) is 5.10 Å². The van der Waals surface area contributed by atoms with Crippen molar-refractivity contribution in [1.82, 2.24) is 19.9 Å². The molecule has 0 aliphatic carbocycles. The average molecular weight is 459 g/mol. The van der Waals surface area contributed by atoms with Gasteiger partial charge in [-0.05, 0) is 62.8 Å². The molecule has 1 fully saturated rings. The van der Waals surface area contributed by atoms with Crippen molar-refractivity contribution in [2.45, 2.75) is 65.2 Å². The van der Waals surface area contributed by atoms with Crippen LogP contribution in [0.3, 0.4) is 0 Å². The van der Waals surface area contributed by atoms with Crippen LogP contribution in [0.2, 0.25) is 0 Å². The standard InChI is InChI=1S/C28H34N4O2/c1-5-31(6-2)28(33)21(4)27-17-16-25(34-27)18-20(3)32-19-24(29-30-32)15-14-23-12-9-11-22-10-7-8-13-26(22)23/h7-13,19-21,25,27H,5-6,16-18H2,1-4H3/t20-,21-,25+,27-/m1/s1. The quantitative estimate of drug-likeness (QED) is 0.476. The molecule has 1 amide bonds. The lowest BCUT2D eigenvalue weighted by molar-refractivity contribution is -0.139. The van der Waals surface area contributed by atoms with Crippen LogP contribution in [0.15, 0.2) is 48.7 Å². The molecule has 0 spiro atoms. The molecule has 1 aliphatic rings. The number of fused-ring (bicyclic) bond motifs is 1. The van der Waals surface area contributed by atoms with Crippen molar-refractivity contribution in [1.29, 1.82) is 0 Å². The number of nitrogens with zero attached hydrogens (tertiary/aromatic N) is 4. The third-order valence-electron chi connectivity index (χ3n) is 6.84. The van der Waals surface area contributed by atoms with Crippen molar-refractivity contribution in [2.24, 2.45) is 5.92 Å². The molecule has 6 heteroatoms. The summed E-state index contributed by atoms with van der Waals surface area (Å²) in [6.07, 6.45) is 4.74. The highest BCUT2D eigenvalue weighted by atomic mass is 16.5. The zero-order chi connectivity index (χ0) is 24.1. The topological polar surface area (TPSA) is 60.2 Å². The Hall–Kier alpha value is -3.17. The predicted molar refractivity (Wildman–Crippen MR) is 134 cm³/mol. The fraction of sp³-hybridized carbons (Fsp3) is 0.464. The van der Waals surface area contributed by atoms with Crippen molar-refractivity contribution in [3.8, 4) is 11.8 Å². The molecule has 4 atom stereocenters. The van der Waals surface area contributed by atoms with Crippen molar-refractivity contribution < 1.29 is 9.53 Å². The normalized spacial score (nSPS) is 19.4. The van der Waals surface area contributed by atoms with E-state index in [4.69, 9.17) is 4.74 Å². The lowest BCUT2D eigenvalue weighted by Crippen LogP contribution is -2.39. The summed E-state index contributed by atoms with van der Waals surface area (Å²) < 4.78 is 8.16. The minimum Gasteiger partial charge on any atom is -0.374 e. The van der Waals surface area contributed by atoms with Crippen LogP contribution in [0.5, 0.6) is 0 Å². The van der Waals surface area contributed by atoms with E-state index in [0.29, 0.717) is 5.69 Å². The molecule has 0 saturated carbocycles. The summed E-state index contributed by atoms with van der Waals surface area (Å²) in [5, 5.41) is 10.9. The van der Waals surface area contributed by atoms with E-state index in [-0.39, 0.29) is 30.1 Å². The van der Waals surface area contributed by atoms with E-state index >= 15 is 0 Å². The second-order valence-corrected chi connectivity index (χ2v) is 9.12. The largest absolute Gasteiger partial charge is 0.374 e. The van der Waals surface area contributed by atoms with Gasteiger partial charge >= 0.3 is 0 Å². The number of ether oxygens (including phenoxy) is 1. The molecule has 4 rings (SSSR count). The molecule has 34 heavy (non-hydrogen) atoms. The first-order valence-corrected chi connectivity index (χ1v) is 12.4. The SMILES string of the molecule is CCN(CC)C(=O)[C@H](C)[C@H]1CC[C@@H](C[C@@H](C)n2cc(C#Cc3cccc4ccccc34)nn2)O1. The Balaban J connectivity index is 1.36. The highest BCUT2D eigenvalue weighted by Crippen LogP contribution is 2.31. The summed E-state index contributed by atoms with van der Waals surface area (Å²) >= 11 is 0. The summed E-state index contributed by atoms with van der Waals surface area (Å²) in [5.41, 5.74) is 1.64. The fourth-order valence-electron chi connectivity index (χ4n) is 4.76. The van der Waals surface area contributed by atoms with E-state index in [1.54, 1.807) is 0 Å². The second-order valence-electron chi connectivity index (χ2n) is 9.12. The van der Waals surface area contributed by atoms with Gasteiger partial charge in [-0.3, -0.25) is 4.79 Å². The van der Waals surface area contributed by atoms with Crippen LogP contribution in [0.1, 0.15) is 64.3 Å². The lowest BCUT2D eigenvalue weighted by Gasteiger charge is -2.26. The molecule has 1 aliphatic heterocycles. The Kier molecular flexibility index (Phi) is 7.64. The van der Waals surface area contributed by atoms with Gasteiger partial charge in [0.2, 0.25) is 5.91 Å². The average Bonchev–Trinajstić information content (AvgIpc) is 3.53. The van der Waals surface area contributed by atoms with Crippen molar-refractivity contribution in [3.63, 3.8) is 0 Å². The highest BCUT2D eigenvalue weighted by Gasteiger charge is 2.35. The first-order valence-electron chi connectivity index (χ1n) is 12.4. The number of aromatic nitrogens is 3. The molecule has 6 nitrogen and oxygen atoms in total. The van der Waals surface area contributed by atoms with E-state index in [0.717, 1.165) is 43.3 Å². The Morgan fingerprint density at radius 2 is 1.88 bits per heavy atom. The van der Waals surface area contributed by atoms with Crippen molar-refractivity contribution in [2.75, 3.05) is 13.1 Å². The Morgan fingerprint density at radius 3 is 2.68 bits per heavy atom. The van der Waals surface area contributed by atoms with Crippen LogP contribution in [-0.2, 0) is 9.53 Å². The van der Waals surface area contributed by atoms with Gasteiger partial charge < -0.3 is 9.64 Å².